The average Bonchev–Trinajstić information content (AvgIpc) is 3.71. The number of ether oxygens (including phenoxy) is 2. The summed E-state index contributed by atoms with van der Waals surface area (Å²) in [7, 11) is 1.32. The van der Waals surface area contributed by atoms with Crippen LogP contribution in [-0.2, 0) is 40.5 Å². The lowest BCUT2D eigenvalue weighted by atomic mass is 9.95. The Morgan fingerprint density at radius 3 is 2.17 bits per heavy atom. The zero-order chi connectivity index (χ0) is 33.4. The topological polar surface area (TPSA) is 174 Å². The number of aryl methyl sites for hydroxylation is 2. The number of rotatable bonds is 15. The van der Waals surface area contributed by atoms with Crippen LogP contribution in [0.4, 0.5) is 0 Å². The second-order valence-corrected chi connectivity index (χ2v) is 11.3. The van der Waals surface area contributed by atoms with Gasteiger partial charge in [-0.05, 0) is 46.7 Å². The predicted octanol–water partition coefficient (Wildman–Crippen LogP) is 4.57. The number of nitrogens with two attached hydrogens (primary N) is 2. The van der Waals surface area contributed by atoms with Crippen molar-refractivity contribution in [1.82, 2.24) is 10.6 Å². The molecule has 5 N–H and O–H groups in total. The van der Waals surface area contributed by atoms with Gasteiger partial charge in [0.25, 0.3) is 11.8 Å². The van der Waals surface area contributed by atoms with Crippen LogP contribution in [0.3, 0.4) is 0 Å². The standard InChI is InChI=1S/C35H37N5O7/c1-22(2)26-16-25(28(44-19-23-10-6-4-7-11-23)17-29(26)45-20-24-12-8-5-9-13-24)14-15-27-31(32(33(36)41)39-46-27)30-18-35(34(37)42,40-47-30)21-38-43-3/h4-13,16-18,21-22,40H,14-15,19-20H2,1-3H3,(H2,36,41)(H2,37,42). The number of nitrogens with one attached hydrogen (secondary N) is 1. The van der Waals surface area contributed by atoms with E-state index in [0.717, 1.165) is 34.2 Å². The minimum atomic E-state index is -1.64. The van der Waals surface area contributed by atoms with Crippen molar-refractivity contribution < 1.29 is 33.3 Å². The summed E-state index contributed by atoms with van der Waals surface area (Å²) >= 11 is 0. The Morgan fingerprint density at radius 1 is 0.957 bits per heavy atom. The number of oxime groups is 1. The predicted molar refractivity (Wildman–Crippen MR) is 174 cm³/mol. The number of primary amides is 2. The summed E-state index contributed by atoms with van der Waals surface area (Å²) in [6.07, 6.45) is 3.21. The van der Waals surface area contributed by atoms with Crippen LogP contribution in [0, 0.1) is 0 Å². The number of hydrogen-bond acceptors (Lipinski definition) is 10. The Morgan fingerprint density at radius 2 is 1.60 bits per heavy atom. The Kier molecular flexibility index (Phi) is 10.2. The Bertz CT molecular complexity index is 1770. The van der Waals surface area contributed by atoms with Crippen molar-refractivity contribution in [3.8, 4) is 11.5 Å². The van der Waals surface area contributed by atoms with Crippen molar-refractivity contribution in [2.45, 2.75) is 51.4 Å². The van der Waals surface area contributed by atoms with E-state index in [1.807, 2.05) is 66.7 Å². The minimum Gasteiger partial charge on any atom is -0.488 e. The number of aromatic nitrogens is 1. The number of nitrogens with zero attached hydrogens (tertiary/aromatic N) is 2. The molecule has 2 amide bonds. The maximum Gasteiger partial charge on any atom is 0.271 e. The number of amides is 2. The Hall–Kier alpha value is -5.62. The summed E-state index contributed by atoms with van der Waals surface area (Å²) in [5, 5.41) is 7.57. The van der Waals surface area contributed by atoms with Crippen LogP contribution in [0.2, 0.25) is 0 Å². The highest BCUT2D eigenvalue weighted by Gasteiger charge is 2.42. The van der Waals surface area contributed by atoms with Gasteiger partial charge in [0.15, 0.2) is 17.0 Å². The third kappa shape index (κ3) is 7.61. The lowest BCUT2D eigenvalue weighted by Crippen LogP contribution is -2.52. The molecule has 1 aromatic heterocycles. The quantitative estimate of drug-likeness (QED) is 0.124. The van der Waals surface area contributed by atoms with Crippen molar-refractivity contribution in [3.05, 3.63) is 118 Å². The van der Waals surface area contributed by atoms with Crippen molar-refractivity contribution in [1.29, 1.82) is 0 Å². The van der Waals surface area contributed by atoms with E-state index in [2.05, 4.69) is 35.7 Å². The van der Waals surface area contributed by atoms with Gasteiger partial charge in [0.2, 0.25) is 0 Å². The molecule has 47 heavy (non-hydrogen) atoms. The van der Waals surface area contributed by atoms with Gasteiger partial charge in [-0.2, -0.15) is 0 Å². The monoisotopic (exact) mass is 639 g/mol. The molecule has 0 bridgehead atoms. The van der Waals surface area contributed by atoms with E-state index < -0.39 is 17.4 Å². The lowest BCUT2D eigenvalue weighted by Gasteiger charge is -2.20. The highest BCUT2D eigenvalue weighted by molar-refractivity contribution is 6.07. The lowest BCUT2D eigenvalue weighted by molar-refractivity contribution is -0.122. The first kappa shape index (κ1) is 32.8. The van der Waals surface area contributed by atoms with Gasteiger partial charge in [-0.15, -0.1) is 5.48 Å². The number of carbonyl (C=O) groups is 2. The van der Waals surface area contributed by atoms with Crippen molar-refractivity contribution in [2.75, 3.05) is 7.11 Å². The molecule has 2 heterocycles. The van der Waals surface area contributed by atoms with Crippen LogP contribution in [-0.4, -0.2) is 35.8 Å². The molecule has 0 radical (unpaired) electrons. The van der Waals surface area contributed by atoms with Gasteiger partial charge in [0.1, 0.15) is 37.6 Å². The second-order valence-electron chi connectivity index (χ2n) is 11.3. The van der Waals surface area contributed by atoms with E-state index in [9.17, 15) is 9.59 Å². The first-order chi connectivity index (χ1) is 22.7. The van der Waals surface area contributed by atoms with E-state index in [4.69, 9.17) is 35.1 Å². The first-order valence-corrected chi connectivity index (χ1v) is 15.0. The number of hydroxylamine groups is 1. The molecule has 4 aromatic rings. The second kappa shape index (κ2) is 14.6. The molecule has 1 atom stereocenters. The molecule has 1 aliphatic heterocycles. The fourth-order valence-corrected chi connectivity index (χ4v) is 5.08. The van der Waals surface area contributed by atoms with Crippen molar-refractivity contribution >= 4 is 23.8 Å². The SMILES string of the molecule is CON=CC1(C(N)=O)C=C(c2c(C(N)=O)noc2CCc2cc(C(C)C)c(OCc3ccccc3)cc2OCc2ccccc2)ON1. The Balaban J connectivity index is 1.49. The van der Waals surface area contributed by atoms with Gasteiger partial charge >= 0.3 is 0 Å². The smallest absolute Gasteiger partial charge is 0.271 e. The van der Waals surface area contributed by atoms with Gasteiger partial charge in [-0.1, -0.05) is 84.8 Å². The fourth-order valence-electron chi connectivity index (χ4n) is 5.08. The molecule has 0 spiro atoms. The summed E-state index contributed by atoms with van der Waals surface area (Å²) in [5.74, 6) is 0.231. The fraction of sp³-hybridized carbons (Fsp3) is 0.257. The minimum absolute atomic E-state index is 0.0736. The van der Waals surface area contributed by atoms with E-state index in [-0.39, 0.29) is 29.4 Å². The molecule has 0 saturated carbocycles. The molecule has 12 nitrogen and oxygen atoms in total. The van der Waals surface area contributed by atoms with Crippen molar-refractivity contribution in [2.24, 2.45) is 16.6 Å². The molecule has 0 fully saturated rings. The number of carbonyl (C=O) groups excluding carboxylic acids is 2. The zero-order valence-electron chi connectivity index (χ0n) is 26.4. The molecule has 5 rings (SSSR count). The third-order valence-corrected chi connectivity index (χ3v) is 7.61. The van der Waals surface area contributed by atoms with Gasteiger partial charge in [0.05, 0.1) is 11.8 Å². The Labute approximate surface area is 272 Å². The maximum atomic E-state index is 12.4. The van der Waals surface area contributed by atoms with Gasteiger partial charge < -0.3 is 35.1 Å². The van der Waals surface area contributed by atoms with Crippen LogP contribution in [0.1, 0.15) is 63.8 Å². The third-order valence-electron chi connectivity index (χ3n) is 7.61. The highest BCUT2D eigenvalue weighted by Crippen LogP contribution is 2.37. The van der Waals surface area contributed by atoms with Crippen LogP contribution in [0.5, 0.6) is 11.5 Å². The summed E-state index contributed by atoms with van der Waals surface area (Å²) in [5.41, 5.74) is 16.1. The van der Waals surface area contributed by atoms with Crippen LogP contribution < -0.4 is 26.4 Å². The highest BCUT2D eigenvalue weighted by atomic mass is 16.7. The molecule has 3 aromatic carbocycles. The van der Waals surface area contributed by atoms with Gasteiger partial charge in [0, 0.05) is 12.5 Å². The van der Waals surface area contributed by atoms with Crippen LogP contribution in [0.25, 0.3) is 5.76 Å². The summed E-state index contributed by atoms with van der Waals surface area (Å²) < 4.78 is 18.3. The van der Waals surface area contributed by atoms with E-state index in [0.29, 0.717) is 31.1 Å². The van der Waals surface area contributed by atoms with E-state index in [1.165, 1.54) is 13.2 Å². The van der Waals surface area contributed by atoms with E-state index in [1.54, 1.807) is 0 Å². The maximum absolute atomic E-state index is 12.4. The molecular weight excluding hydrogens is 602 g/mol. The summed E-state index contributed by atoms with van der Waals surface area (Å²) in [6, 6.07) is 23.8. The first-order valence-electron chi connectivity index (χ1n) is 15.0. The van der Waals surface area contributed by atoms with Crippen LogP contribution >= 0.6 is 0 Å². The van der Waals surface area contributed by atoms with Crippen molar-refractivity contribution in [3.63, 3.8) is 0 Å². The summed E-state index contributed by atoms with van der Waals surface area (Å²) in [4.78, 5) is 35.0. The molecule has 1 aliphatic rings. The molecule has 0 aliphatic carbocycles. The largest absolute Gasteiger partial charge is 0.488 e. The average molecular weight is 640 g/mol. The van der Waals surface area contributed by atoms with Gasteiger partial charge in [-0.25, -0.2) is 0 Å². The van der Waals surface area contributed by atoms with Crippen LogP contribution in [0.15, 0.2) is 88.6 Å². The number of benzene rings is 3. The zero-order valence-corrected chi connectivity index (χ0v) is 26.4. The van der Waals surface area contributed by atoms with Gasteiger partial charge in [-0.3, -0.25) is 9.59 Å². The molecule has 0 saturated heterocycles. The molecular formula is C35H37N5O7. The molecule has 244 valence electrons. The number of hydrogen-bond donors (Lipinski definition) is 3. The molecule has 12 heteroatoms. The normalized spacial score (nSPS) is 15.8. The molecule has 1 unspecified atom stereocenters. The summed E-state index contributed by atoms with van der Waals surface area (Å²) in [6.45, 7) is 4.94. The van der Waals surface area contributed by atoms with E-state index >= 15 is 0 Å².